The molecule has 140 valence electrons. The van der Waals surface area contributed by atoms with Crippen molar-refractivity contribution in [3.05, 3.63) is 59.7 Å². The summed E-state index contributed by atoms with van der Waals surface area (Å²) in [5.74, 6) is 3.43. The van der Waals surface area contributed by atoms with Crippen LogP contribution < -0.4 is 10.6 Å². The number of thioether (sulfide) groups is 1. The maximum absolute atomic E-state index is 11.5. The van der Waals surface area contributed by atoms with E-state index in [2.05, 4.69) is 34.9 Å². The van der Waals surface area contributed by atoms with Crippen LogP contribution in [0.25, 0.3) is 0 Å². The van der Waals surface area contributed by atoms with Crippen molar-refractivity contribution in [2.45, 2.75) is 32.7 Å². The number of rotatable bonds is 3. The van der Waals surface area contributed by atoms with Gasteiger partial charge in [-0.15, -0.1) is 0 Å². The maximum Gasteiger partial charge on any atom is 0.221 e. The van der Waals surface area contributed by atoms with E-state index in [0.29, 0.717) is 6.54 Å². The molecule has 0 aromatic heterocycles. The topological polar surface area (TPSA) is 53.5 Å². The highest BCUT2D eigenvalue weighted by atomic mass is 32.2. The smallest absolute Gasteiger partial charge is 0.221 e. The van der Waals surface area contributed by atoms with Gasteiger partial charge in [0.1, 0.15) is 5.84 Å². The first kappa shape index (κ1) is 18.1. The van der Waals surface area contributed by atoms with Crippen LogP contribution in [-0.4, -0.2) is 23.2 Å². The van der Waals surface area contributed by atoms with Crippen molar-refractivity contribution in [1.82, 2.24) is 0 Å². The number of carbonyl (C=O) groups excluding carboxylic acids is 1. The van der Waals surface area contributed by atoms with Crippen LogP contribution in [0.2, 0.25) is 0 Å². The Balaban J connectivity index is 1.65. The third-order valence-electron chi connectivity index (χ3n) is 5.49. The molecule has 5 heteroatoms. The van der Waals surface area contributed by atoms with Gasteiger partial charge in [0, 0.05) is 23.7 Å². The molecule has 0 saturated carbocycles. The number of amides is 1. The summed E-state index contributed by atoms with van der Waals surface area (Å²) in [6.07, 6.45) is 3.37. The molecule has 4 nitrogen and oxygen atoms in total. The molecule has 2 aromatic rings. The molecular weight excluding hydrogens is 354 g/mol. The highest BCUT2D eigenvalue weighted by molar-refractivity contribution is 7.99. The number of anilines is 2. The molecule has 2 aliphatic heterocycles. The monoisotopic (exact) mass is 379 g/mol. The summed E-state index contributed by atoms with van der Waals surface area (Å²) in [6, 6.07) is 16.5. The van der Waals surface area contributed by atoms with E-state index >= 15 is 0 Å². The van der Waals surface area contributed by atoms with Crippen LogP contribution in [0.1, 0.15) is 30.9 Å². The zero-order valence-corrected chi connectivity index (χ0v) is 16.4. The van der Waals surface area contributed by atoms with E-state index < -0.39 is 0 Å². The van der Waals surface area contributed by atoms with Gasteiger partial charge >= 0.3 is 0 Å². The molecule has 1 saturated heterocycles. The summed E-state index contributed by atoms with van der Waals surface area (Å²) < 4.78 is 0. The number of benzene rings is 2. The minimum atomic E-state index is -0.0550. The van der Waals surface area contributed by atoms with Gasteiger partial charge in [0.15, 0.2) is 0 Å². The fourth-order valence-corrected chi connectivity index (χ4v) is 5.30. The van der Waals surface area contributed by atoms with Gasteiger partial charge in [0.25, 0.3) is 0 Å². The summed E-state index contributed by atoms with van der Waals surface area (Å²) >= 11 is 2.04. The maximum atomic E-state index is 11.5. The molecular formula is C22H25N3OS. The summed E-state index contributed by atoms with van der Waals surface area (Å²) in [5, 5.41) is 6.56. The third kappa shape index (κ3) is 3.88. The van der Waals surface area contributed by atoms with E-state index in [1.165, 1.54) is 29.7 Å². The second-order valence-corrected chi connectivity index (χ2v) is 8.58. The van der Waals surface area contributed by atoms with E-state index in [4.69, 9.17) is 4.99 Å². The minimum absolute atomic E-state index is 0.0550. The summed E-state index contributed by atoms with van der Waals surface area (Å²) in [7, 11) is 0. The van der Waals surface area contributed by atoms with Gasteiger partial charge in [0.2, 0.25) is 5.91 Å². The number of carbonyl (C=O) groups is 1. The van der Waals surface area contributed by atoms with E-state index in [0.717, 1.165) is 36.3 Å². The third-order valence-corrected chi connectivity index (χ3v) is 6.47. The molecule has 0 radical (unpaired) electrons. The average molecular weight is 380 g/mol. The molecule has 2 aromatic carbocycles. The Bertz CT molecular complexity index is 871. The predicted molar refractivity (Wildman–Crippen MR) is 115 cm³/mol. The van der Waals surface area contributed by atoms with Gasteiger partial charge < -0.3 is 10.6 Å². The Kier molecular flexibility index (Phi) is 5.21. The number of hydrogen-bond donors (Lipinski definition) is 2. The number of hydrogen-bond acceptors (Lipinski definition) is 3. The Labute approximate surface area is 164 Å². The lowest BCUT2D eigenvalue weighted by atomic mass is 9.73. The molecule has 2 aliphatic rings. The molecule has 4 rings (SSSR count). The van der Waals surface area contributed by atoms with E-state index in [9.17, 15) is 4.79 Å². The number of fused-ring (bicyclic) bond motifs is 1. The quantitative estimate of drug-likeness (QED) is 0.811. The van der Waals surface area contributed by atoms with Gasteiger partial charge in [0.05, 0.1) is 6.54 Å². The van der Waals surface area contributed by atoms with Crippen LogP contribution in [-0.2, 0) is 17.8 Å². The fourth-order valence-electron chi connectivity index (χ4n) is 4.02. The van der Waals surface area contributed by atoms with Crippen LogP contribution in [0.4, 0.5) is 11.4 Å². The van der Waals surface area contributed by atoms with Crippen LogP contribution in [0.5, 0.6) is 0 Å². The molecule has 0 unspecified atom stereocenters. The zero-order valence-electron chi connectivity index (χ0n) is 15.6. The lowest BCUT2D eigenvalue weighted by molar-refractivity contribution is -0.114. The largest absolute Gasteiger partial charge is 0.343 e. The highest BCUT2D eigenvalue weighted by Crippen LogP contribution is 2.44. The van der Waals surface area contributed by atoms with Crippen LogP contribution in [0.3, 0.4) is 0 Å². The molecule has 0 bridgehead atoms. The number of aliphatic imine (C=N–C) groups is 1. The minimum Gasteiger partial charge on any atom is -0.343 e. The van der Waals surface area contributed by atoms with Crippen LogP contribution in [0.15, 0.2) is 53.5 Å². The second-order valence-electron chi connectivity index (χ2n) is 7.35. The van der Waals surface area contributed by atoms with Crippen molar-refractivity contribution in [3.63, 3.8) is 0 Å². The Morgan fingerprint density at radius 1 is 1.15 bits per heavy atom. The van der Waals surface area contributed by atoms with E-state index in [-0.39, 0.29) is 11.3 Å². The molecule has 0 aliphatic carbocycles. The first-order valence-electron chi connectivity index (χ1n) is 9.49. The first-order chi connectivity index (χ1) is 13.2. The van der Waals surface area contributed by atoms with Crippen molar-refractivity contribution in [1.29, 1.82) is 0 Å². The van der Waals surface area contributed by atoms with Gasteiger partial charge in [-0.05, 0) is 54.0 Å². The number of amidine groups is 1. The number of para-hydroxylation sites is 2. The Morgan fingerprint density at radius 3 is 2.70 bits per heavy atom. The first-order valence-corrected chi connectivity index (χ1v) is 10.6. The van der Waals surface area contributed by atoms with Crippen molar-refractivity contribution in [3.8, 4) is 0 Å². The predicted octanol–water partition coefficient (Wildman–Crippen LogP) is 4.73. The summed E-state index contributed by atoms with van der Waals surface area (Å²) in [5.41, 5.74) is 4.57. The van der Waals surface area contributed by atoms with Gasteiger partial charge in [-0.1, -0.05) is 36.4 Å². The van der Waals surface area contributed by atoms with E-state index in [1.807, 2.05) is 36.0 Å². The SMILES string of the molecule is CC(=O)Nc1ccccc1CN=C1Nc2ccccc2CC12CCSCC2. The molecule has 27 heavy (non-hydrogen) atoms. The van der Waals surface area contributed by atoms with Crippen LogP contribution >= 0.6 is 11.8 Å². The second kappa shape index (κ2) is 7.77. The molecule has 2 heterocycles. The zero-order chi connectivity index (χ0) is 18.7. The number of nitrogens with zero attached hydrogens (tertiary/aromatic N) is 1. The Hall–Kier alpha value is -2.27. The van der Waals surface area contributed by atoms with Crippen molar-refractivity contribution in [2.75, 3.05) is 22.1 Å². The molecule has 0 atom stereocenters. The van der Waals surface area contributed by atoms with Crippen molar-refractivity contribution in [2.24, 2.45) is 10.4 Å². The van der Waals surface area contributed by atoms with Crippen molar-refractivity contribution < 1.29 is 4.79 Å². The molecule has 2 N–H and O–H groups in total. The van der Waals surface area contributed by atoms with Gasteiger partial charge in [-0.2, -0.15) is 11.8 Å². The van der Waals surface area contributed by atoms with Gasteiger partial charge in [-0.25, -0.2) is 0 Å². The fraction of sp³-hybridized carbons (Fsp3) is 0.364. The van der Waals surface area contributed by atoms with Crippen molar-refractivity contribution >= 4 is 34.9 Å². The van der Waals surface area contributed by atoms with E-state index in [1.54, 1.807) is 0 Å². The lowest BCUT2D eigenvalue weighted by Gasteiger charge is -2.42. The standard InChI is InChI=1S/C22H25N3OS/c1-16(26)24-20-9-5-3-7-18(20)15-23-21-22(10-12-27-13-11-22)14-17-6-2-4-8-19(17)25-21/h2-9H,10-15H2,1H3,(H,23,25)(H,24,26). The molecule has 1 fully saturated rings. The number of nitrogens with one attached hydrogen (secondary N) is 2. The van der Waals surface area contributed by atoms with Crippen LogP contribution in [0, 0.1) is 5.41 Å². The molecule has 1 amide bonds. The Morgan fingerprint density at radius 2 is 1.89 bits per heavy atom. The molecule has 1 spiro atoms. The average Bonchev–Trinajstić information content (AvgIpc) is 2.67. The highest BCUT2D eigenvalue weighted by Gasteiger charge is 2.41. The summed E-state index contributed by atoms with van der Waals surface area (Å²) in [4.78, 5) is 16.5. The summed E-state index contributed by atoms with van der Waals surface area (Å²) in [6.45, 7) is 2.10. The lowest BCUT2D eigenvalue weighted by Crippen LogP contribution is -2.44. The van der Waals surface area contributed by atoms with Gasteiger partial charge in [-0.3, -0.25) is 9.79 Å². The normalized spacial score (nSPS) is 19.4.